The summed E-state index contributed by atoms with van der Waals surface area (Å²) in [5, 5.41) is 12.5. The molecule has 3 N–H and O–H groups in total. The van der Waals surface area contributed by atoms with Crippen molar-refractivity contribution in [3.8, 4) is 0 Å². The van der Waals surface area contributed by atoms with Crippen LogP contribution in [0.25, 0.3) is 0 Å². The number of H-pyrrole nitrogens is 1. The van der Waals surface area contributed by atoms with Crippen LogP contribution in [0.3, 0.4) is 0 Å². The molecule has 19 heavy (non-hydrogen) atoms. The molecule has 0 bridgehead atoms. The molecule has 1 fully saturated rings. The number of nitrogens with one attached hydrogen (secondary N) is 3. The third kappa shape index (κ3) is 2.77. The highest BCUT2D eigenvalue weighted by molar-refractivity contribution is 5.96. The summed E-state index contributed by atoms with van der Waals surface area (Å²) in [7, 11) is 0. The van der Waals surface area contributed by atoms with E-state index in [1.54, 1.807) is 0 Å². The molecule has 2 aliphatic carbocycles. The van der Waals surface area contributed by atoms with Crippen LogP contribution < -0.4 is 10.6 Å². The molecular weight excluding hydrogens is 244 g/mol. The van der Waals surface area contributed by atoms with E-state index >= 15 is 0 Å². The summed E-state index contributed by atoms with van der Waals surface area (Å²) >= 11 is 0. The number of carbonyl (C=O) groups is 2. The van der Waals surface area contributed by atoms with E-state index < -0.39 is 0 Å². The minimum Gasteiger partial charge on any atom is -0.352 e. The van der Waals surface area contributed by atoms with E-state index in [0.717, 1.165) is 49.8 Å². The van der Waals surface area contributed by atoms with Gasteiger partial charge in [-0.05, 0) is 38.5 Å². The smallest absolute Gasteiger partial charge is 0.272 e. The Hall–Kier alpha value is -1.85. The topological polar surface area (TPSA) is 86.9 Å². The zero-order chi connectivity index (χ0) is 13.2. The Morgan fingerprint density at radius 1 is 1.26 bits per heavy atom. The molecule has 6 heteroatoms. The number of amides is 2. The van der Waals surface area contributed by atoms with E-state index in [4.69, 9.17) is 0 Å². The second kappa shape index (κ2) is 5.03. The molecule has 0 aliphatic heterocycles. The van der Waals surface area contributed by atoms with Crippen molar-refractivity contribution in [3.05, 3.63) is 17.0 Å². The summed E-state index contributed by atoms with van der Waals surface area (Å²) in [5.41, 5.74) is 2.54. The number of nitrogens with zero attached hydrogens (tertiary/aromatic N) is 1. The Kier molecular flexibility index (Phi) is 3.23. The fourth-order valence-corrected chi connectivity index (χ4v) is 2.42. The molecule has 1 heterocycles. The van der Waals surface area contributed by atoms with E-state index in [1.807, 2.05) is 0 Å². The van der Waals surface area contributed by atoms with Gasteiger partial charge in [0, 0.05) is 17.3 Å². The number of hydrogen-bond acceptors (Lipinski definition) is 3. The van der Waals surface area contributed by atoms with Gasteiger partial charge in [0.05, 0.1) is 6.54 Å². The molecule has 0 aromatic carbocycles. The molecule has 2 amide bonds. The number of aromatic amines is 1. The Morgan fingerprint density at radius 2 is 2.05 bits per heavy atom. The predicted molar refractivity (Wildman–Crippen MR) is 68.7 cm³/mol. The van der Waals surface area contributed by atoms with Gasteiger partial charge in [-0.1, -0.05) is 0 Å². The van der Waals surface area contributed by atoms with Gasteiger partial charge in [-0.3, -0.25) is 14.7 Å². The third-order valence-electron chi connectivity index (χ3n) is 3.62. The SMILES string of the molecule is O=C(CNC(=O)c1n[nH]c2c1CCCC2)NC1CC1. The highest BCUT2D eigenvalue weighted by Crippen LogP contribution is 2.22. The third-order valence-corrected chi connectivity index (χ3v) is 3.62. The maximum absolute atomic E-state index is 12.0. The van der Waals surface area contributed by atoms with Gasteiger partial charge in [0.1, 0.15) is 0 Å². The van der Waals surface area contributed by atoms with E-state index in [9.17, 15) is 9.59 Å². The maximum Gasteiger partial charge on any atom is 0.272 e. The number of fused-ring (bicyclic) bond motifs is 1. The molecule has 0 saturated heterocycles. The van der Waals surface area contributed by atoms with Crippen LogP contribution in [0, 0.1) is 0 Å². The molecule has 3 rings (SSSR count). The van der Waals surface area contributed by atoms with E-state index in [-0.39, 0.29) is 18.4 Å². The first kappa shape index (κ1) is 12.2. The van der Waals surface area contributed by atoms with Gasteiger partial charge in [-0.2, -0.15) is 5.10 Å². The van der Waals surface area contributed by atoms with Gasteiger partial charge in [-0.25, -0.2) is 0 Å². The average Bonchev–Trinajstić information content (AvgIpc) is 3.12. The normalized spacial score (nSPS) is 17.7. The first-order valence-electron chi connectivity index (χ1n) is 6.87. The fourth-order valence-electron chi connectivity index (χ4n) is 2.42. The summed E-state index contributed by atoms with van der Waals surface area (Å²) in [6.07, 6.45) is 6.18. The van der Waals surface area contributed by atoms with Gasteiger partial charge in [-0.15, -0.1) is 0 Å². The van der Waals surface area contributed by atoms with Gasteiger partial charge in [0.25, 0.3) is 5.91 Å². The highest BCUT2D eigenvalue weighted by Gasteiger charge is 2.24. The summed E-state index contributed by atoms with van der Waals surface area (Å²) < 4.78 is 0. The molecule has 6 nitrogen and oxygen atoms in total. The molecule has 0 radical (unpaired) electrons. The number of hydrogen-bond donors (Lipinski definition) is 3. The van der Waals surface area contributed by atoms with Gasteiger partial charge >= 0.3 is 0 Å². The quantitative estimate of drug-likeness (QED) is 0.729. The van der Waals surface area contributed by atoms with Crippen molar-refractivity contribution in [2.45, 2.75) is 44.6 Å². The Balaban J connectivity index is 1.57. The molecule has 0 unspecified atom stereocenters. The van der Waals surface area contributed by atoms with Crippen LogP contribution in [-0.4, -0.2) is 34.6 Å². The van der Waals surface area contributed by atoms with Crippen molar-refractivity contribution in [2.24, 2.45) is 0 Å². The standard InChI is InChI=1S/C13H18N4O2/c18-11(15-8-5-6-8)7-14-13(19)12-9-3-1-2-4-10(9)16-17-12/h8H,1-7H2,(H,14,19)(H,15,18)(H,16,17). The molecule has 2 aliphatic rings. The van der Waals surface area contributed by atoms with Crippen molar-refractivity contribution in [3.63, 3.8) is 0 Å². The zero-order valence-electron chi connectivity index (χ0n) is 10.8. The van der Waals surface area contributed by atoms with Gasteiger partial charge < -0.3 is 10.6 Å². The summed E-state index contributed by atoms with van der Waals surface area (Å²) in [5.74, 6) is -0.384. The molecule has 1 aromatic rings. The fraction of sp³-hybridized carbons (Fsp3) is 0.615. The maximum atomic E-state index is 12.0. The van der Waals surface area contributed by atoms with Crippen molar-refractivity contribution in [1.82, 2.24) is 20.8 Å². The van der Waals surface area contributed by atoms with Crippen LogP contribution >= 0.6 is 0 Å². The van der Waals surface area contributed by atoms with Crippen LogP contribution in [0.4, 0.5) is 0 Å². The van der Waals surface area contributed by atoms with Crippen molar-refractivity contribution in [2.75, 3.05) is 6.54 Å². The molecular formula is C13H18N4O2. The Bertz CT molecular complexity index is 505. The lowest BCUT2D eigenvalue weighted by Gasteiger charge is -2.11. The molecule has 102 valence electrons. The second-order valence-corrected chi connectivity index (χ2v) is 5.26. The lowest BCUT2D eigenvalue weighted by atomic mass is 9.96. The summed E-state index contributed by atoms with van der Waals surface area (Å²) in [6, 6.07) is 0.322. The van der Waals surface area contributed by atoms with E-state index in [0.29, 0.717) is 11.7 Å². The van der Waals surface area contributed by atoms with Crippen LogP contribution in [-0.2, 0) is 17.6 Å². The monoisotopic (exact) mass is 262 g/mol. The number of carbonyl (C=O) groups excluding carboxylic acids is 2. The molecule has 0 spiro atoms. The van der Waals surface area contributed by atoms with E-state index in [2.05, 4.69) is 20.8 Å². The summed E-state index contributed by atoms with van der Waals surface area (Å²) in [4.78, 5) is 23.5. The molecule has 0 atom stereocenters. The first-order valence-corrected chi connectivity index (χ1v) is 6.87. The van der Waals surface area contributed by atoms with Gasteiger partial charge in [0.15, 0.2) is 5.69 Å². The number of aromatic nitrogens is 2. The first-order chi connectivity index (χ1) is 9.24. The highest BCUT2D eigenvalue weighted by atomic mass is 16.2. The van der Waals surface area contributed by atoms with Crippen molar-refractivity contribution >= 4 is 11.8 Å². The van der Waals surface area contributed by atoms with Crippen LogP contribution in [0.2, 0.25) is 0 Å². The largest absolute Gasteiger partial charge is 0.352 e. The second-order valence-electron chi connectivity index (χ2n) is 5.26. The van der Waals surface area contributed by atoms with Crippen molar-refractivity contribution < 1.29 is 9.59 Å². The lowest BCUT2D eigenvalue weighted by Crippen LogP contribution is -2.38. The van der Waals surface area contributed by atoms with Crippen molar-refractivity contribution in [1.29, 1.82) is 0 Å². The Labute approximate surface area is 111 Å². The lowest BCUT2D eigenvalue weighted by molar-refractivity contribution is -0.120. The van der Waals surface area contributed by atoms with Crippen LogP contribution in [0.15, 0.2) is 0 Å². The molecule has 1 saturated carbocycles. The number of aryl methyl sites for hydroxylation is 1. The summed E-state index contributed by atoms with van der Waals surface area (Å²) in [6.45, 7) is 0.0248. The average molecular weight is 262 g/mol. The number of rotatable bonds is 4. The minimum absolute atomic E-state index is 0.0248. The zero-order valence-corrected chi connectivity index (χ0v) is 10.8. The predicted octanol–water partition coefficient (Wildman–Crippen LogP) is 0.297. The van der Waals surface area contributed by atoms with Gasteiger partial charge in [0.2, 0.25) is 5.91 Å². The minimum atomic E-state index is -0.259. The van der Waals surface area contributed by atoms with Crippen LogP contribution in [0.5, 0.6) is 0 Å². The molecule has 1 aromatic heterocycles. The van der Waals surface area contributed by atoms with Crippen LogP contribution in [0.1, 0.15) is 47.4 Å². The van der Waals surface area contributed by atoms with E-state index in [1.165, 1.54) is 0 Å². The Morgan fingerprint density at radius 3 is 2.84 bits per heavy atom.